The topological polar surface area (TPSA) is 95.2 Å². The molecule has 9 nitrogen and oxygen atoms in total. The number of hydrogen-bond acceptors (Lipinski definition) is 7. The molecule has 3 heterocycles. The Morgan fingerprint density at radius 3 is 2.68 bits per heavy atom. The fourth-order valence-electron chi connectivity index (χ4n) is 3.92. The first-order valence-electron chi connectivity index (χ1n) is 12.4. The largest absolute Gasteiger partial charge is 0.443 e. The van der Waals surface area contributed by atoms with Gasteiger partial charge in [0.25, 0.3) is 5.91 Å². The molecule has 0 aliphatic carbocycles. The van der Waals surface area contributed by atoms with E-state index in [2.05, 4.69) is 9.98 Å². The summed E-state index contributed by atoms with van der Waals surface area (Å²) in [5, 5.41) is 3.11. The summed E-state index contributed by atoms with van der Waals surface area (Å²) >= 11 is 1.32. The third kappa shape index (κ3) is 6.44. The number of nitrogens with zero attached hydrogens (tertiary/aromatic N) is 4. The zero-order chi connectivity index (χ0) is 26.7. The Bertz CT molecular complexity index is 1300. The van der Waals surface area contributed by atoms with Gasteiger partial charge in [-0.15, -0.1) is 11.3 Å². The minimum atomic E-state index is -0.651. The van der Waals surface area contributed by atoms with Gasteiger partial charge in [-0.3, -0.25) is 9.36 Å². The third-order valence-corrected chi connectivity index (χ3v) is 6.81. The van der Waals surface area contributed by atoms with Gasteiger partial charge in [0.15, 0.2) is 6.29 Å². The second kappa shape index (κ2) is 11.1. The van der Waals surface area contributed by atoms with E-state index in [0.717, 1.165) is 30.2 Å². The van der Waals surface area contributed by atoms with E-state index in [1.54, 1.807) is 23.4 Å². The van der Waals surface area contributed by atoms with Crippen LogP contribution in [0.5, 0.6) is 0 Å². The van der Waals surface area contributed by atoms with Crippen molar-refractivity contribution in [3.05, 3.63) is 52.1 Å². The van der Waals surface area contributed by atoms with Gasteiger partial charge in [-0.05, 0) is 53.0 Å². The first kappa shape index (κ1) is 27.0. The number of carbonyl (C=O) groups excluding carboxylic acids is 2. The maximum Gasteiger partial charge on any atom is 0.419 e. The van der Waals surface area contributed by atoms with Gasteiger partial charge in [-0.1, -0.05) is 18.2 Å². The Labute approximate surface area is 221 Å². The van der Waals surface area contributed by atoms with Crippen LogP contribution in [-0.4, -0.2) is 64.9 Å². The zero-order valence-corrected chi connectivity index (χ0v) is 23.0. The van der Waals surface area contributed by atoms with Crippen molar-refractivity contribution >= 4 is 40.1 Å². The average molecular weight is 527 g/mol. The number of ether oxygens (including phenoxy) is 3. The van der Waals surface area contributed by atoms with Crippen LogP contribution in [0.3, 0.4) is 0 Å². The average Bonchev–Trinajstić information content (AvgIpc) is 3.48. The van der Waals surface area contributed by atoms with E-state index in [4.69, 9.17) is 14.2 Å². The van der Waals surface area contributed by atoms with Gasteiger partial charge in [0.2, 0.25) is 0 Å². The summed E-state index contributed by atoms with van der Waals surface area (Å²) in [6, 6.07) is 7.59. The molecule has 2 aromatic heterocycles. The highest BCUT2D eigenvalue weighted by molar-refractivity contribution is 7.10. The Balaban J connectivity index is 1.77. The summed E-state index contributed by atoms with van der Waals surface area (Å²) in [4.78, 5) is 36.4. The molecule has 198 valence electrons. The van der Waals surface area contributed by atoms with Crippen molar-refractivity contribution < 1.29 is 23.8 Å². The standard InChI is InChI=1S/C27H34N4O5S/c1-17(30(5)6)28-24(32)20-16-37-25(29-20)23(35-22-13-9-10-14-34-22)19-15-31(26(33)36-27(2,3)4)21-12-8-7-11-18(19)21/h7-8,11-12,15-16,22-23H,9-10,13-14H2,1-6H3/b28-17+. The summed E-state index contributed by atoms with van der Waals surface area (Å²) in [5.74, 6) is 0.168. The number of aromatic nitrogens is 2. The lowest BCUT2D eigenvalue weighted by atomic mass is 10.1. The molecular formula is C27H34N4O5S. The van der Waals surface area contributed by atoms with Crippen molar-refractivity contribution in [1.29, 1.82) is 0 Å². The normalized spacial score (nSPS) is 17.6. The van der Waals surface area contributed by atoms with Crippen LogP contribution in [-0.2, 0) is 14.2 Å². The summed E-state index contributed by atoms with van der Waals surface area (Å²) < 4.78 is 19.5. The smallest absolute Gasteiger partial charge is 0.419 e. The minimum Gasteiger partial charge on any atom is -0.443 e. The summed E-state index contributed by atoms with van der Waals surface area (Å²) in [6.07, 6.45) is 2.93. The van der Waals surface area contributed by atoms with Gasteiger partial charge in [-0.25, -0.2) is 9.78 Å². The van der Waals surface area contributed by atoms with Crippen LogP contribution in [0.25, 0.3) is 10.9 Å². The molecule has 3 aromatic rings. The molecule has 2 atom stereocenters. The van der Waals surface area contributed by atoms with Crippen LogP contribution < -0.4 is 0 Å². The van der Waals surface area contributed by atoms with Crippen LogP contribution in [0.1, 0.15) is 74.1 Å². The molecule has 0 N–H and O–H groups in total. The first-order chi connectivity index (χ1) is 17.5. The predicted octanol–water partition coefficient (Wildman–Crippen LogP) is 5.63. The van der Waals surface area contributed by atoms with Gasteiger partial charge in [0.05, 0.1) is 5.52 Å². The molecule has 2 unspecified atom stereocenters. The molecule has 0 radical (unpaired) electrons. The number of thiazole rings is 1. The monoisotopic (exact) mass is 526 g/mol. The first-order valence-corrected chi connectivity index (χ1v) is 13.2. The number of aliphatic imine (C=N–C) groups is 1. The van der Waals surface area contributed by atoms with Gasteiger partial charge < -0.3 is 19.1 Å². The van der Waals surface area contributed by atoms with E-state index in [1.165, 1.54) is 15.9 Å². The second-order valence-electron chi connectivity index (χ2n) is 10.2. The Morgan fingerprint density at radius 2 is 2.00 bits per heavy atom. The maximum atomic E-state index is 13.1. The second-order valence-corrected chi connectivity index (χ2v) is 11.1. The van der Waals surface area contributed by atoms with E-state index in [0.29, 0.717) is 23.0 Å². The van der Waals surface area contributed by atoms with Crippen LogP contribution in [0.2, 0.25) is 0 Å². The molecule has 4 rings (SSSR count). The molecule has 37 heavy (non-hydrogen) atoms. The van der Waals surface area contributed by atoms with Crippen LogP contribution in [0, 0.1) is 0 Å². The number of benzene rings is 1. The van der Waals surface area contributed by atoms with Gasteiger partial charge in [0, 0.05) is 43.2 Å². The fourth-order valence-corrected chi connectivity index (χ4v) is 4.77. The Morgan fingerprint density at radius 1 is 1.24 bits per heavy atom. The van der Waals surface area contributed by atoms with E-state index in [9.17, 15) is 9.59 Å². The van der Waals surface area contributed by atoms with E-state index >= 15 is 0 Å². The Kier molecular flexibility index (Phi) is 8.11. The third-order valence-electron chi connectivity index (χ3n) is 5.92. The molecule has 1 aliphatic rings. The lowest BCUT2D eigenvalue weighted by molar-refractivity contribution is -0.181. The fraction of sp³-hybridized carbons (Fsp3) is 0.481. The van der Waals surface area contributed by atoms with Crippen molar-refractivity contribution in [3.63, 3.8) is 0 Å². The molecule has 0 saturated carbocycles. The van der Waals surface area contributed by atoms with Gasteiger partial charge >= 0.3 is 6.09 Å². The number of carbonyl (C=O) groups is 2. The van der Waals surface area contributed by atoms with Crippen molar-refractivity contribution in [1.82, 2.24) is 14.5 Å². The summed E-state index contributed by atoms with van der Waals surface area (Å²) in [7, 11) is 3.65. The molecule has 0 bridgehead atoms. The highest BCUT2D eigenvalue weighted by Gasteiger charge is 2.30. The number of para-hydroxylation sites is 1. The van der Waals surface area contributed by atoms with Gasteiger partial charge in [0.1, 0.15) is 28.2 Å². The van der Waals surface area contributed by atoms with Crippen molar-refractivity contribution in [2.45, 2.75) is 65.0 Å². The molecule has 1 aromatic carbocycles. The lowest BCUT2D eigenvalue weighted by Crippen LogP contribution is -2.27. The molecular weight excluding hydrogens is 492 g/mol. The maximum absolute atomic E-state index is 13.1. The summed E-state index contributed by atoms with van der Waals surface area (Å²) in [5.41, 5.74) is 1.04. The number of rotatable bonds is 5. The molecule has 1 aliphatic heterocycles. The molecule has 1 amide bonds. The highest BCUT2D eigenvalue weighted by Crippen LogP contribution is 2.37. The van der Waals surface area contributed by atoms with E-state index < -0.39 is 30.0 Å². The lowest BCUT2D eigenvalue weighted by Gasteiger charge is -2.27. The number of amidine groups is 1. The molecule has 0 spiro atoms. The molecule has 10 heteroatoms. The molecule has 1 saturated heterocycles. The van der Waals surface area contributed by atoms with Gasteiger partial charge in [-0.2, -0.15) is 4.99 Å². The molecule has 1 fully saturated rings. The predicted molar refractivity (Wildman–Crippen MR) is 143 cm³/mol. The van der Waals surface area contributed by atoms with Crippen molar-refractivity contribution in [2.75, 3.05) is 20.7 Å². The van der Waals surface area contributed by atoms with Crippen LogP contribution in [0.4, 0.5) is 4.79 Å². The van der Waals surface area contributed by atoms with Crippen LogP contribution in [0.15, 0.2) is 40.8 Å². The Hall–Kier alpha value is -3.08. The SMILES string of the molecule is C/C(=N\C(=O)c1csc(C(OC2CCCCO2)c2cn(C(=O)OC(C)(C)C)c3ccccc23)n1)N(C)C. The number of amides is 1. The highest BCUT2D eigenvalue weighted by atomic mass is 32.1. The van der Waals surface area contributed by atoms with Crippen molar-refractivity contribution in [3.8, 4) is 0 Å². The quantitative estimate of drug-likeness (QED) is 0.314. The van der Waals surface area contributed by atoms with E-state index in [1.807, 2.05) is 59.1 Å². The number of hydrogen-bond donors (Lipinski definition) is 0. The summed E-state index contributed by atoms with van der Waals surface area (Å²) in [6.45, 7) is 7.88. The van der Waals surface area contributed by atoms with E-state index in [-0.39, 0.29) is 5.69 Å². The zero-order valence-electron chi connectivity index (χ0n) is 22.2. The number of fused-ring (bicyclic) bond motifs is 1. The minimum absolute atomic E-state index is 0.246. The van der Waals surface area contributed by atoms with Crippen molar-refractivity contribution in [2.24, 2.45) is 4.99 Å². The van der Waals surface area contributed by atoms with Crippen LogP contribution >= 0.6 is 11.3 Å².